The van der Waals surface area contributed by atoms with E-state index in [4.69, 9.17) is 27.9 Å². The van der Waals surface area contributed by atoms with Crippen LogP contribution in [0.25, 0.3) is 0 Å². The van der Waals surface area contributed by atoms with Crippen molar-refractivity contribution in [2.45, 2.75) is 25.5 Å². The Morgan fingerprint density at radius 3 is 2.35 bits per heavy atom. The number of hydrogen-bond donors (Lipinski definition) is 0. The zero-order chi connectivity index (χ0) is 21.8. The highest BCUT2D eigenvalue weighted by atomic mass is 35.5. The van der Waals surface area contributed by atoms with Crippen molar-refractivity contribution in [1.29, 1.82) is 0 Å². The highest BCUT2D eigenvalue weighted by Crippen LogP contribution is 2.29. The molecule has 1 atom stereocenters. The van der Waals surface area contributed by atoms with Gasteiger partial charge in [-0.2, -0.15) is 0 Å². The van der Waals surface area contributed by atoms with E-state index in [1.54, 1.807) is 18.6 Å². The summed E-state index contributed by atoms with van der Waals surface area (Å²) in [4.78, 5) is 13.1. The zero-order valence-electron chi connectivity index (χ0n) is 17.5. The Hall–Kier alpha value is -1.29. The Kier molecular flexibility index (Phi) is 7.79. The normalized spacial score (nSPS) is 20.1. The van der Waals surface area contributed by atoms with E-state index in [2.05, 4.69) is 25.8 Å². The van der Waals surface area contributed by atoms with Crippen LogP contribution < -0.4 is 9.64 Å². The third-order valence-electron chi connectivity index (χ3n) is 5.72. The number of anilines is 1. The quantitative estimate of drug-likeness (QED) is 0.584. The molecule has 0 amide bonds. The van der Waals surface area contributed by atoms with Crippen LogP contribution in [0.4, 0.5) is 5.95 Å². The molecule has 0 bridgehead atoms. The summed E-state index contributed by atoms with van der Waals surface area (Å²) in [5.74, 6) is 1.44. The van der Waals surface area contributed by atoms with Crippen LogP contribution in [0.2, 0.25) is 10.0 Å². The Morgan fingerprint density at radius 1 is 1.06 bits per heavy atom. The average molecular weight is 484 g/mol. The van der Waals surface area contributed by atoms with Crippen LogP contribution in [0.1, 0.15) is 18.4 Å². The second kappa shape index (κ2) is 10.6. The molecule has 7 nitrogen and oxygen atoms in total. The lowest BCUT2D eigenvalue weighted by Gasteiger charge is -2.33. The van der Waals surface area contributed by atoms with Gasteiger partial charge in [0.1, 0.15) is 18.1 Å². The fourth-order valence-corrected chi connectivity index (χ4v) is 4.99. The van der Waals surface area contributed by atoms with Crippen molar-refractivity contribution < 1.29 is 9.29 Å². The first-order chi connectivity index (χ1) is 15.0. The predicted octanol–water partition coefficient (Wildman–Crippen LogP) is 3.24. The molecule has 2 aliphatic heterocycles. The van der Waals surface area contributed by atoms with Crippen molar-refractivity contribution >= 4 is 40.5 Å². The van der Waals surface area contributed by atoms with Crippen molar-refractivity contribution in [3.8, 4) is 5.75 Å². The monoisotopic (exact) mass is 483 g/mol. The first-order valence-corrected chi connectivity index (χ1v) is 12.7. The van der Waals surface area contributed by atoms with Crippen LogP contribution in [0, 0.1) is 0 Å². The van der Waals surface area contributed by atoms with E-state index >= 15 is 0 Å². The molecule has 2 aliphatic rings. The van der Waals surface area contributed by atoms with Gasteiger partial charge in [-0.1, -0.05) is 29.3 Å². The molecule has 31 heavy (non-hydrogen) atoms. The smallest absolute Gasteiger partial charge is 0.225 e. The van der Waals surface area contributed by atoms with E-state index in [1.165, 1.54) is 0 Å². The van der Waals surface area contributed by atoms with Gasteiger partial charge in [-0.3, -0.25) is 4.90 Å². The molecular formula is C21H27Cl2N5O2S. The molecule has 1 aromatic carbocycles. The molecule has 4 rings (SSSR count). The number of halogens is 2. The maximum absolute atomic E-state index is 11.6. The molecule has 3 heterocycles. The molecule has 1 aromatic heterocycles. The van der Waals surface area contributed by atoms with Crippen molar-refractivity contribution in [3.63, 3.8) is 0 Å². The summed E-state index contributed by atoms with van der Waals surface area (Å²) >= 11 is 11.5. The van der Waals surface area contributed by atoms with Gasteiger partial charge >= 0.3 is 0 Å². The van der Waals surface area contributed by atoms with Crippen LogP contribution >= 0.6 is 23.2 Å². The number of piperidine rings is 1. The molecule has 0 spiro atoms. The van der Waals surface area contributed by atoms with Crippen molar-refractivity contribution in [1.82, 2.24) is 19.2 Å². The predicted molar refractivity (Wildman–Crippen MR) is 125 cm³/mol. The third-order valence-corrected chi connectivity index (χ3v) is 7.31. The van der Waals surface area contributed by atoms with Crippen LogP contribution in [0.15, 0.2) is 30.6 Å². The van der Waals surface area contributed by atoms with Gasteiger partial charge in [0, 0.05) is 56.9 Å². The zero-order valence-corrected chi connectivity index (χ0v) is 19.9. The van der Waals surface area contributed by atoms with E-state index in [0.29, 0.717) is 16.0 Å². The lowest BCUT2D eigenvalue weighted by molar-refractivity contribution is 0.170. The lowest BCUT2D eigenvalue weighted by atomic mass is 10.1. The molecule has 10 heteroatoms. The molecule has 0 aliphatic carbocycles. The minimum absolute atomic E-state index is 0.120. The number of rotatable bonds is 6. The highest BCUT2D eigenvalue weighted by molar-refractivity contribution is 7.88. The largest absolute Gasteiger partial charge is 0.598 e. The molecule has 2 saturated heterocycles. The number of ether oxygens (including phenoxy) is 1. The standard InChI is InChI=1S/C21H27Cl2N5O2S/c1-31(29)28-10-8-26(9-11-28)15-16-2-3-20(19(23)12-16)30-18-4-6-27(7-5-18)21-24-13-17(22)14-25-21/h2-3,12-14,18H,4-11,15H2,1H3. The summed E-state index contributed by atoms with van der Waals surface area (Å²) in [6, 6.07) is 6.06. The number of piperazine rings is 1. The van der Waals surface area contributed by atoms with Gasteiger partial charge in [0.05, 0.1) is 35.5 Å². The summed E-state index contributed by atoms with van der Waals surface area (Å²) in [5, 5.41) is 1.19. The number of aromatic nitrogens is 2. The molecule has 0 radical (unpaired) electrons. The van der Waals surface area contributed by atoms with E-state index in [9.17, 15) is 4.55 Å². The first-order valence-electron chi connectivity index (χ1n) is 10.5. The van der Waals surface area contributed by atoms with Crippen molar-refractivity contribution in [3.05, 3.63) is 46.2 Å². The number of benzene rings is 1. The van der Waals surface area contributed by atoms with Gasteiger partial charge in [0.15, 0.2) is 0 Å². The molecular weight excluding hydrogens is 457 g/mol. The van der Waals surface area contributed by atoms with Crippen LogP contribution in [-0.4, -0.2) is 75.4 Å². The van der Waals surface area contributed by atoms with E-state index in [1.807, 2.05) is 16.4 Å². The molecule has 168 valence electrons. The van der Waals surface area contributed by atoms with Gasteiger partial charge < -0.3 is 14.2 Å². The molecule has 1 unspecified atom stereocenters. The SMILES string of the molecule is C[S+]([O-])N1CCN(Cc2ccc(OC3CCN(c4ncc(Cl)cn4)CC3)c(Cl)c2)CC1. The Morgan fingerprint density at radius 2 is 1.74 bits per heavy atom. The summed E-state index contributed by atoms with van der Waals surface area (Å²) < 4.78 is 19.8. The molecule has 2 fully saturated rings. The van der Waals surface area contributed by atoms with Gasteiger partial charge in [0.2, 0.25) is 5.95 Å². The summed E-state index contributed by atoms with van der Waals surface area (Å²) in [7, 11) is 0. The second-order valence-electron chi connectivity index (χ2n) is 7.90. The molecule has 0 N–H and O–H groups in total. The molecule has 0 saturated carbocycles. The van der Waals surface area contributed by atoms with Crippen LogP contribution in [0.5, 0.6) is 5.75 Å². The Labute approximate surface area is 196 Å². The maximum atomic E-state index is 11.6. The Bertz CT molecular complexity index is 857. The maximum Gasteiger partial charge on any atom is 0.225 e. The highest BCUT2D eigenvalue weighted by Gasteiger charge is 2.24. The van der Waals surface area contributed by atoms with E-state index in [0.717, 1.165) is 70.0 Å². The van der Waals surface area contributed by atoms with E-state index in [-0.39, 0.29) is 6.10 Å². The number of hydrogen-bond acceptors (Lipinski definition) is 7. The fraction of sp³-hybridized carbons (Fsp3) is 0.524. The summed E-state index contributed by atoms with van der Waals surface area (Å²) in [5.41, 5.74) is 1.16. The Balaban J connectivity index is 1.27. The topological polar surface area (TPSA) is 67.8 Å². The molecule has 2 aromatic rings. The number of nitrogens with zero attached hydrogens (tertiary/aromatic N) is 5. The fourth-order valence-electron chi connectivity index (χ4n) is 3.96. The van der Waals surface area contributed by atoms with Gasteiger partial charge in [-0.25, -0.2) is 9.97 Å². The van der Waals surface area contributed by atoms with Crippen LogP contribution in [0.3, 0.4) is 0 Å². The van der Waals surface area contributed by atoms with Crippen LogP contribution in [-0.2, 0) is 17.9 Å². The van der Waals surface area contributed by atoms with Crippen molar-refractivity contribution in [2.75, 3.05) is 50.4 Å². The second-order valence-corrected chi connectivity index (χ2v) is 10.1. The summed E-state index contributed by atoms with van der Waals surface area (Å²) in [6.07, 6.45) is 6.87. The third kappa shape index (κ3) is 6.15. The minimum atomic E-state index is -0.885. The lowest BCUT2D eigenvalue weighted by Crippen LogP contribution is -2.47. The first kappa shape index (κ1) is 22.9. The summed E-state index contributed by atoms with van der Waals surface area (Å²) in [6.45, 7) is 5.98. The average Bonchev–Trinajstić information content (AvgIpc) is 2.77. The van der Waals surface area contributed by atoms with Gasteiger partial charge in [0.25, 0.3) is 0 Å². The van der Waals surface area contributed by atoms with Gasteiger partial charge in [-0.15, -0.1) is 4.31 Å². The van der Waals surface area contributed by atoms with E-state index < -0.39 is 11.4 Å². The minimum Gasteiger partial charge on any atom is -0.598 e. The van der Waals surface area contributed by atoms with Gasteiger partial charge in [-0.05, 0) is 17.7 Å². The van der Waals surface area contributed by atoms with Crippen molar-refractivity contribution in [2.24, 2.45) is 0 Å².